The zero-order valence-electron chi connectivity index (χ0n) is 12.0. The van der Waals surface area contributed by atoms with Gasteiger partial charge in [-0.3, -0.25) is 9.59 Å². The van der Waals surface area contributed by atoms with Crippen LogP contribution in [0.15, 0.2) is 24.3 Å². The van der Waals surface area contributed by atoms with Gasteiger partial charge in [-0.15, -0.1) is 0 Å². The Morgan fingerprint density at radius 2 is 1.85 bits per heavy atom. The van der Waals surface area contributed by atoms with E-state index in [1.807, 2.05) is 38.1 Å². The number of hydrogen-bond donors (Lipinski definition) is 3. The number of carbonyl (C=O) groups is 2. The molecule has 0 aromatic heterocycles. The Bertz CT molecular complexity index is 458. The zero-order valence-corrected chi connectivity index (χ0v) is 12.0. The summed E-state index contributed by atoms with van der Waals surface area (Å²) in [6.07, 6.45) is 0.435. The van der Waals surface area contributed by atoms with Gasteiger partial charge >= 0.3 is 5.97 Å². The summed E-state index contributed by atoms with van der Waals surface area (Å²) >= 11 is 0. The Labute approximate surface area is 119 Å². The van der Waals surface area contributed by atoms with E-state index in [9.17, 15) is 9.59 Å². The number of carboxylic acid groups (broad SMARTS) is 1. The smallest absolute Gasteiger partial charge is 0.307 e. The quantitative estimate of drug-likeness (QED) is 0.627. The van der Waals surface area contributed by atoms with Crippen LogP contribution in [0.3, 0.4) is 0 Å². The van der Waals surface area contributed by atoms with Crippen molar-refractivity contribution in [2.45, 2.75) is 39.3 Å². The summed E-state index contributed by atoms with van der Waals surface area (Å²) in [6.45, 7) is 4.99. The van der Waals surface area contributed by atoms with E-state index < -0.39 is 5.97 Å². The molecule has 20 heavy (non-hydrogen) atoms. The molecule has 0 radical (unpaired) electrons. The van der Waals surface area contributed by atoms with E-state index in [1.54, 1.807) is 0 Å². The van der Waals surface area contributed by atoms with Crippen LogP contribution in [0, 0.1) is 0 Å². The molecule has 0 saturated heterocycles. The monoisotopic (exact) mass is 278 g/mol. The molecule has 0 atom stereocenters. The van der Waals surface area contributed by atoms with E-state index in [0.717, 1.165) is 11.1 Å². The van der Waals surface area contributed by atoms with Crippen molar-refractivity contribution >= 4 is 11.9 Å². The van der Waals surface area contributed by atoms with Crippen LogP contribution < -0.4 is 10.6 Å². The minimum atomic E-state index is -0.839. The highest BCUT2D eigenvalue weighted by Crippen LogP contribution is 2.09. The molecular formula is C15H22N2O3. The Hall–Kier alpha value is -1.88. The van der Waals surface area contributed by atoms with Gasteiger partial charge < -0.3 is 15.7 Å². The van der Waals surface area contributed by atoms with E-state index in [2.05, 4.69) is 10.6 Å². The van der Waals surface area contributed by atoms with Crippen LogP contribution in [0.5, 0.6) is 0 Å². The van der Waals surface area contributed by atoms with Gasteiger partial charge in [0.1, 0.15) is 0 Å². The second-order valence-corrected chi connectivity index (χ2v) is 4.99. The number of hydrogen-bond acceptors (Lipinski definition) is 3. The minimum absolute atomic E-state index is 0.0195. The third-order valence-corrected chi connectivity index (χ3v) is 2.75. The van der Waals surface area contributed by atoms with Crippen LogP contribution >= 0.6 is 0 Å². The lowest BCUT2D eigenvalue weighted by Gasteiger charge is -2.10. The lowest BCUT2D eigenvalue weighted by molar-refractivity contribution is -0.136. The number of aliphatic carboxylic acids is 1. The van der Waals surface area contributed by atoms with Crippen LogP contribution in [0.2, 0.25) is 0 Å². The molecule has 0 aliphatic carbocycles. The van der Waals surface area contributed by atoms with Crippen molar-refractivity contribution < 1.29 is 14.7 Å². The molecule has 0 aliphatic heterocycles. The fourth-order valence-electron chi connectivity index (χ4n) is 1.88. The Morgan fingerprint density at radius 1 is 1.20 bits per heavy atom. The van der Waals surface area contributed by atoms with Gasteiger partial charge in [0.2, 0.25) is 5.91 Å². The SMILES string of the molecule is CC(C)NC(=O)CCNCc1ccccc1CC(=O)O. The highest BCUT2D eigenvalue weighted by atomic mass is 16.4. The Morgan fingerprint density at radius 3 is 2.45 bits per heavy atom. The number of carboxylic acids is 1. The molecule has 0 fully saturated rings. The fraction of sp³-hybridized carbons (Fsp3) is 0.467. The second-order valence-electron chi connectivity index (χ2n) is 4.99. The lowest BCUT2D eigenvalue weighted by atomic mass is 10.0. The molecule has 1 aromatic rings. The highest BCUT2D eigenvalue weighted by molar-refractivity contribution is 5.76. The minimum Gasteiger partial charge on any atom is -0.481 e. The zero-order chi connectivity index (χ0) is 15.0. The normalized spacial score (nSPS) is 10.6. The van der Waals surface area contributed by atoms with Crippen LogP contribution in [0.1, 0.15) is 31.4 Å². The summed E-state index contributed by atoms with van der Waals surface area (Å²) in [5, 5.41) is 14.8. The van der Waals surface area contributed by atoms with Crippen LogP contribution in [-0.4, -0.2) is 29.6 Å². The van der Waals surface area contributed by atoms with E-state index in [4.69, 9.17) is 5.11 Å². The van der Waals surface area contributed by atoms with Crippen molar-refractivity contribution in [2.75, 3.05) is 6.54 Å². The molecule has 0 heterocycles. The Balaban J connectivity index is 2.38. The maximum absolute atomic E-state index is 11.4. The van der Waals surface area contributed by atoms with Gasteiger partial charge in [-0.25, -0.2) is 0 Å². The van der Waals surface area contributed by atoms with Crippen molar-refractivity contribution in [3.8, 4) is 0 Å². The third kappa shape index (κ3) is 6.33. The predicted octanol–water partition coefficient (Wildman–Crippen LogP) is 1.32. The summed E-state index contributed by atoms with van der Waals surface area (Å²) in [5.41, 5.74) is 1.76. The number of benzene rings is 1. The first-order valence-electron chi connectivity index (χ1n) is 6.77. The molecule has 1 aromatic carbocycles. The molecule has 0 unspecified atom stereocenters. The Kier molecular flexibility index (Phi) is 6.73. The van der Waals surface area contributed by atoms with E-state index in [-0.39, 0.29) is 18.4 Å². The van der Waals surface area contributed by atoms with Crippen molar-refractivity contribution in [3.05, 3.63) is 35.4 Å². The maximum Gasteiger partial charge on any atom is 0.307 e. The summed E-state index contributed by atoms with van der Waals surface area (Å²) in [4.78, 5) is 22.2. The fourth-order valence-corrected chi connectivity index (χ4v) is 1.88. The first-order chi connectivity index (χ1) is 9.49. The molecule has 0 saturated carbocycles. The number of carbonyl (C=O) groups excluding carboxylic acids is 1. The van der Waals surface area contributed by atoms with Gasteiger partial charge in [0, 0.05) is 25.6 Å². The van der Waals surface area contributed by atoms with Gasteiger partial charge in [-0.05, 0) is 25.0 Å². The predicted molar refractivity (Wildman–Crippen MR) is 77.4 cm³/mol. The molecule has 110 valence electrons. The van der Waals surface area contributed by atoms with Crippen LogP contribution in [-0.2, 0) is 22.6 Å². The number of nitrogens with one attached hydrogen (secondary N) is 2. The van der Waals surface area contributed by atoms with Crippen molar-refractivity contribution in [3.63, 3.8) is 0 Å². The molecule has 1 rings (SSSR count). The maximum atomic E-state index is 11.4. The third-order valence-electron chi connectivity index (χ3n) is 2.75. The lowest BCUT2D eigenvalue weighted by Crippen LogP contribution is -2.32. The van der Waals surface area contributed by atoms with Crippen molar-refractivity contribution in [2.24, 2.45) is 0 Å². The van der Waals surface area contributed by atoms with E-state index in [0.29, 0.717) is 19.5 Å². The molecule has 0 aliphatic rings. The molecule has 5 nitrogen and oxygen atoms in total. The molecular weight excluding hydrogens is 256 g/mol. The summed E-state index contributed by atoms with van der Waals surface area (Å²) in [5.74, 6) is -0.819. The van der Waals surface area contributed by atoms with Crippen LogP contribution in [0.25, 0.3) is 0 Å². The van der Waals surface area contributed by atoms with Gasteiger partial charge in [-0.2, -0.15) is 0 Å². The molecule has 3 N–H and O–H groups in total. The van der Waals surface area contributed by atoms with Crippen molar-refractivity contribution in [1.29, 1.82) is 0 Å². The molecule has 5 heteroatoms. The average molecular weight is 278 g/mol. The molecule has 0 bridgehead atoms. The summed E-state index contributed by atoms with van der Waals surface area (Å²) in [7, 11) is 0. The summed E-state index contributed by atoms with van der Waals surface area (Å²) in [6, 6.07) is 7.58. The average Bonchev–Trinajstić information content (AvgIpc) is 2.35. The number of amides is 1. The summed E-state index contributed by atoms with van der Waals surface area (Å²) < 4.78 is 0. The molecule has 0 spiro atoms. The van der Waals surface area contributed by atoms with Crippen LogP contribution in [0.4, 0.5) is 0 Å². The second kappa shape index (κ2) is 8.32. The standard InChI is InChI=1S/C15H22N2O3/c1-11(2)17-14(18)7-8-16-10-13-6-4-3-5-12(13)9-15(19)20/h3-6,11,16H,7-10H2,1-2H3,(H,17,18)(H,19,20). The van der Waals surface area contributed by atoms with Gasteiger partial charge in [-0.1, -0.05) is 24.3 Å². The van der Waals surface area contributed by atoms with Gasteiger partial charge in [0.15, 0.2) is 0 Å². The van der Waals surface area contributed by atoms with E-state index >= 15 is 0 Å². The van der Waals surface area contributed by atoms with Gasteiger partial charge in [0.25, 0.3) is 0 Å². The first kappa shape index (κ1) is 16.2. The molecule has 1 amide bonds. The highest BCUT2D eigenvalue weighted by Gasteiger charge is 2.06. The first-order valence-corrected chi connectivity index (χ1v) is 6.77. The number of rotatable bonds is 8. The largest absolute Gasteiger partial charge is 0.481 e. The topological polar surface area (TPSA) is 78.4 Å². The van der Waals surface area contributed by atoms with E-state index in [1.165, 1.54) is 0 Å². The van der Waals surface area contributed by atoms with Gasteiger partial charge in [0.05, 0.1) is 6.42 Å². The van der Waals surface area contributed by atoms with Crippen molar-refractivity contribution in [1.82, 2.24) is 10.6 Å².